The number of benzene rings is 1. The summed E-state index contributed by atoms with van der Waals surface area (Å²) in [5.74, 6) is -2.09. The minimum atomic E-state index is -1.76. The van der Waals surface area contributed by atoms with Crippen LogP contribution in [-0.2, 0) is 5.54 Å². The Balaban J connectivity index is 1.95. The van der Waals surface area contributed by atoms with Crippen molar-refractivity contribution >= 4 is 29.2 Å². The normalized spacial score (nSPS) is 19.3. The molecule has 2 aromatic rings. The summed E-state index contributed by atoms with van der Waals surface area (Å²) in [5.41, 5.74) is 9.19. The molecule has 1 aliphatic rings. The number of nitrogens with zero attached hydrogens (tertiary/aromatic N) is 2. The molecule has 0 unspecified atom stereocenters. The van der Waals surface area contributed by atoms with Gasteiger partial charge in [0.25, 0.3) is 5.91 Å². The summed E-state index contributed by atoms with van der Waals surface area (Å²) in [5, 5.41) is 13.6. The zero-order valence-corrected chi connectivity index (χ0v) is 16.2. The molecular formula is C19H17ClF2N6O2. The second-order valence-electron chi connectivity index (χ2n) is 6.92. The van der Waals surface area contributed by atoms with Crippen LogP contribution in [0.2, 0.25) is 5.02 Å². The van der Waals surface area contributed by atoms with Gasteiger partial charge < -0.3 is 22.1 Å². The predicted octanol–water partition coefficient (Wildman–Crippen LogP) is 2.18. The maximum atomic E-state index is 14.6. The van der Waals surface area contributed by atoms with Crippen molar-refractivity contribution in [3.05, 3.63) is 58.1 Å². The lowest BCUT2D eigenvalue weighted by Gasteiger charge is -2.33. The van der Waals surface area contributed by atoms with Crippen molar-refractivity contribution in [1.82, 2.24) is 10.3 Å². The number of pyridine rings is 1. The Morgan fingerprint density at radius 2 is 2.10 bits per heavy atom. The Morgan fingerprint density at radius 3 is 2.63 bits per heavy atom. The van der Waals surface area contributed by atoms with Crippen molar-refractivity contribution in [2.45, 2.75) is 18.0 Å². The van der Waals surface area contributed by atoms with Gasteiger partial charge in [-0.3, -0.25) is 4.79 Å². The molecule has 1 aliphatic carbocycles. The van der Waals surface area contributed by atoms with Crippen LogP contribution in [0, 0.1) is 23.1 Å². The first-order valence-corrected chi connectivity index (χ1v) is 9.15. The van der Waals surface area contributed by atoms with Gasteiger partial charge in [-0.1, -0.05) is 11.6 Å². The van der Waals surface area contributed by atoms with Gasteiger partial charge in [-0.15, -0.1) is 0 Å². The Bertz CT molecular complexity index is 1060. The number of rotatable bonds is 6. The molecule has 1 saturated carbocycles. The number of nitriles is 1. The molecule has 1 aromatic heterocycles. The fourth-order valence-electron chi connectivity index (χ4n) is 3.37. The molecule has 0 spiro atoms. The van der Waals surface area contributed by atoms with Crippen LogP contribution in [0.4, 0.5) is 19.3 Å². The SMILES string of the molecule is N#Cc1cnc(C(=O)Nc2ccc(F)c([C@@](CF)(NC(N)=O)[C@H]3C[C@H]3N)c2)c(Cl)c1. The van der Waals surface area contributed by atoms with E-state index in [4.69, 9.17) is 28.3 Å². The number of hydrogen-bond donors (Lipinski definition) is 4. The van der Waals surface area contributed by atoms with E-state index in [1.807, 2.05) is 6.07 Å². The lowest BCUT2D eigenvalue weighted by atomic mass is 9.85. The van der Waals surface area contributed by atoms with Crippen LogP contribution >= 0.6 is 11.6 Å². The van der Waals surface area contributed by atoms with Gasteiger partial charge in [-0.05, 0) is 30.7 Å². The first kappa shape index (κ1) is 21.4. The highest BCUT2D eigenvalue weighted by Gasteiger charge is 2.54. The smallest absolute Gasteiger partial charge is 0.312 e. The van der Waals surface area contributed by atoms with E-state index in [1.54, 1.807) is 0 Å². The van der Waals surface area contributed by atoms with Crippen LogP contribution in [0.3, 0.4) is 0 Å². The van der Waals surface area contributed by atoms with E-state index in [0.717, 1.165) is 6.07 Å². The van der Waals surface area contributed by atoms with E-state index in [2.05, 4.69) is 15.6 Å². The fraction of sp³-hybridized carbons (Fsp3) is 0.263. The lowest BCUT2D eigenvalue weighted by Crippen LogP contribution is -2.53. The minimum absolute atomic E-state index is 0.0497. The number of carbonyl (C=O) groups is 2. The molecule has 1 heterocycles. The zero-order chi connectivity index (χ0) is 22.1. The van der Waals surface area contributed by atoms with E-state index in [1.165, 1.54) is 24.4 Å². The maximum Gasteiger partial charge on any atom is 0.312 e. The van der Waals surface area contributed by atoms with Crippen LogP contribution in [0.5, 0.6) is 0 Å². The lowest BCUT2D eigenvalue weighted by molar-refractivity contribution is 0.102. The highest BCUT2D eigenvalue weighted by molar-refractivity contribution is 6.34. The van der Waals surface area contributed by atoms with Gasteiger partial charge in [0.2, 0.25) is 0 Å². The predicted molar refractivity (Wildman–Crippen MR) is 105 cm³/mol. The van der Waals surface area contributed by atoms with E-state index in [-0.39, 0.29) is 27.5 Å². The number of nitrogens with one attached hydrogen (secondary N) is 2. The quantitative estimate of drug-likeness (QED) is 0.550. The summed E-state index contributed by atoms with van der Waals surface area (Å²) in [6.07, 6.45) is 1.54. The second kappa shape index (κ2) is 8.22. The third-order valence-corrected chi connectivity index (χ3v) is 5.21. The number of carbonyl (C=O) groups excluding carboxylic acids is 2. The molecule has 11 heteroatoms. The van der Waals surface area contributed by atoms with Crippen LogP contribution in [0.15, 0.2) is 30.5 Å². The number of urea groups is 1. The van der Waals surface area contributed by atoms with Gasteiger partial charge in [-0.25, -0.2) is 18.6 Å². The monoisotopic (exact) mass is 434 g/mol. The van der Waals surface area contributed by atoms with E-state index in [0.29, 0.717) is 6.42 Å². The number of aromatic nitrogens is 1. The molecule has 0 aliphatic heterocycles. The third kappa shape index (κ3) is 4.03. The second-order valence-corrected chi connectivity index (χ2v) is 7.32. The minimum Gasteiger partial charge on any atom is -0.352 e. The molecule has 0 radical (unpaired) electrons. The molecule has 3 amide bonds. The molecular weight excluding hydrogens is 418 g/mol. The number of primary amides is 1. The van der Waals surface area contributed by atoms with Crippen molar-refractivity contribution in [3.8, 4) is 6.07 Å². The number of alkyl halides is 1. The van der Waals surface area contributed by atoms with Gasteiger partial charge >= 0.3 is 6.03 Å². The molecule has 0 bridgehead atoms. The van der Waals surface area contributed by atoms with Crippen molar-refractivity contribution in [2.24, 2.45) is 17.4 Å². The van der Waals surface area contributed by atoms with E-state index < -0.39 is 41.9 Å². The number of halogens is 3. The first-order valence-electron chi connectivity index (χ1n) is 8.78. The average Bonchev–Trinajstić information content (AvgIpc) is 3.44. The van der Waals surface area contributed by atoms with Gasteiger partial charge in [0, 0.05) is 29.4 Å². The number of hydrogen-bond acceptors (Lipinski definition) is 5. The Hall–Kier alpha value is -3.29. The number of nitrogens with two attached hydrogens (primary N) is 2. The standard InChI is InChI=1S/C19H17ClF2N6O2/c20-13-3-9(6-23)7-26-16(13)17(29)27-10-1-2-14(22)11(4-10)19(8-21,28-18(25)30)12-5-15(12)24/h1-4,7,12,15H,5,8,24H2,(H,27,29)(H3,25,28,30)/t12-,15+,19+/m0/s1. The van der Waals surface area contributed by atoms with Crippen LogP contribution in [0.1, 0.15) is 28.0 Å². The first-order chi connectivity index (χ1) is 14.2. The molecule has 8 nitrogen and oxygen atoms in total. The summed E-state index contributed by atoms with van der Waals surface area (Å²) in [4.78, 5) is 27.9. The summed E-state index contributed by atoms with van der Waals surface area (Å²) >= 11 is 5.98. The molecule has 3 rings (SSSR count). The molecule has 1 aromatic carbocycles. The number of anilines is 1. The van der Waals surface area contributed by atoms with Crippen molar-refractivity contribution < 1.29 is 18.4 Å². The molecule has 1 fully saturated rings. The molecule has 3 atom stereocenters. The number of amides is 3. The topological polar surface area (TPSA) is 147 Å². The summed E-state index contributed by atoms with van der Waals surface area (Å²) in [7, 11) is 0. The maximum absolute atomic E-state index is 14.6. The Labute approximate surface area is 175 Å². The largest absolute Gasteiger partial charge is 0.352 e. The molecule has 6 N–H and O–H groups in total. The highest BCUT2D eigenvalue weighted by atomic mass is 35.5. The van der Waals surface area contributed by atoms with Gasteiger partial charge in [0.15, 0.2) is 0 Å². The van der Waals surface area contributed by atoms with Crippen molar-refractivity contribution in [3.63, 3.8) is 0 Å². The highest BCUT2D eigenvalue weighted by Crippen LogP contribution is 2.46. The van der Waals surface area contributed by atoms with Crippen molar-refractivity contribution in [2.75, 3.05) is 12.0 Å². The Kier molecular flexibility index (Phi) is 5.87. The van der Waals surface area contributed by atoms with Crippen LogP contribution in [0.25, 0.3) is 0 Å². The zero-order valence-electron chi connectivity index (χ0n) is 15.5. The molecule has 156 valence electrons. The fourth-order valence-corrected chi connectivity index (χ4v) is 3.62. The van der Waals surface area contributed by atoms with Gasteiger partial charge in [0.1, 0.15) is 29.8 Å². The summed E-state index contributed by atoms with van der Waals surface area (Å²) < 4.78 is 28.8. The van der Waals surface area contributed by atoms with Gasteiger partial charge in [0.05, 0.1) is 10.6 Å². The van der Waals surface area contributed by atoms with Crippen LogP contribution in [-0.4, -0.2) is 29.6 Å². The van der Waals surface area contributed by atoms with Crippen molar-refractivity contribution in [1.29, 1.82) is 5.26 Å². The van der Waals surface area contributed by atoms with Crippen LogP contribution < -0.4 is 22.1 Å². The van der Waals surface area contributed by atoms with E-state index >= 15 is 0 Å². The van der Waals surface area contributed by atoms with E-state index in [9.17, 15) is 18.4 Å². The summed E-state index contributed by atoms with van der Waals surface area (Å²) in [6.45, 7) is -1.15. The summed E-state index contributed by atoms with van der Waals surface area (Å²) in [6, 6.07) is 5.14. The average molecular weight is 435 g/mol. The Morgan fingerprint density at radius 1 is 1.40 bits per heavy atom. The third-order valence-electron chi connectivity index (χ3n) is 4.92. The van der Waals surface area contributed by atoms with Gasteiger partial charge in [-0.2, -0.15) is 5.26 Å². The molecule has 0 saturated heterocycles. The molecule has 30 heavy (non-hydrogen) atoms.